The second kappa shape index (κ2) is 14.1. The summed E-state index contributed by atoms with van der Waals surface area (Å²) in [5.74, 6) is 0. The van der Waals surface area contributed by atoms with Gasteiger partial charge in [0, 0.05) is 0 Å². The largest absolute Gasteiger partial charge is 0.786 e. The average molecular weight is 387 g/mol. The third-order valence-electron chi connectivity index (χ3n) is 5.97. The van der Waals surface area contributed by atoms with Crippen LogP contribution in [0.25, 0.3) is 0 Å². The monoisotopic (exact) mass is 386 g/mol. The summed E-state index contributed by atoms with van der Waals surface area (Å²) < 4.78 is 21.1. The summed E-state index contributed by atoms with van der Waals surface area (Å²) in [6.07, 6.45) is 0. The zero-order valence-electron chi connectivity index (χ0n) is 18.3. The fourth-order valence-corrected chi connectivity index (χ4v) is 3.53. The van der Waals surface area contributed by atoms with Gasteiger partial charge in [-0.3, -0.25) is 0 Å². The van der Waals surface area contributed by atoms with E-state index in [-0.39, 0.29) is 0 Å². The van der Waals surface area contributed by atoms with Gasteiger partial charge in [-0.25, -0.2) is 4.20 Å². The molecule has 0 saturated heterocycles. The minimum atomic E-state index is -5.64. The van der Waals surface area contributed by atoms with E-state index in [2.05, 4.69) is 69.2 Å². The highest BCUT2D eigenvalue weighted by molar-refractivity contribution is 7.42. The van der Waals surface area contributed by atoms with E-state index in [1.54, 1.807) is 0 Å². The van der Waals surface area contributed by atoms with Gasteiger partial charge in [-0.2, -0.15) is 0 Å². The molecule has 0 rings (SSSR count). The van der Waals surface area contributed by atoms with Crippen LogP contribution in [0.4, 0.5) is 4.20 Å². The van der Waals surface area contributed by atoms with E-state index in [0.717, 1.165) is 12.1 Å². The summed E-state index contributed by atoms with van der Waals surface area (Å²) in [4.78, 5) is 16.9. The molecule has 5 nitrogen and oxygen atoms in total. The molecule has 25 heavy (non-hydrogen) atoms. The molecule has 0 amide bonds. The van der Waals surface area contributed by atoms with Crippen LogP contribution in [-0.4, -0.2) is 60.3 Å². The van der Waals surface area contributed by atoms with Gasteiger partial charge in [0.15, 0.2) is 0 Å². The number of rotatable bonds is 8. The molecule has 0 aromatic heterocycles. The first kappa shape index (κ1) is 29.8. The molecule has 0 aromatic rings. The van der Waals surface area contributed by atoms with Crippen LogP contribution in [0.1, 0.15) is 69.2 Å². The van der Waals surface area contributed by atoms with Gasteiger partial charge < -0.3 is 23.3 Å². The predicted octanol–water partition coefficient (Wildman–Crippen LogP) is 3.33. The minimum absolute atomic E-state index is 0.778. The zero-order valence-corrected chi connectivity index (χ0v) is 19.2. The fourth-order valence-electron chi connectivity index (χ4n) is 3.53. The van der Waals surface area contributed by atoms with Crippen molar-refractivity contribution in [1.82, 2.24) is 0 Å². The lowest BCUT2D eigenvalue weighted by Gasteiger charge is -2.39. The molecule has 0 aliphatic rings. The zero-order chi connectivity index (χ0) is 20.9. The van der Waals surface area contributed by atoms with E-state index >= 15 is 0 Å². The molecule has 0 atom stereocenters. The summed E-state index contributed by atoms with van der Waals surface area (Å²) in [6, 6.07) is 1.56. The van der Waals surface area contributed by atoms with Gasteiger partial charge in [-0.15, -0.1) is 0 Å². The molecule has 0 aliphatic heterocycles. The van der Waals surface area contributed by atoms with Gasteiger partial charge >= 0.3 is 0 Å². The molecule has 0 saturated carbocycles. The van der Waals surface area contributed by atoms with Gasteiger partial charge in [0.25, 0.3) is 0 Å². The highest BCUT2D eigenvalue weighted by Crippen LogP contribution is 2.22. The molecule has 0 bridgehead atoms. The van der Waals surface area contributed by atoms with Crippen LogP contribution in [-0.2, 0) is 4.57 Å². The Balaban J connectivity index is -0.000000308. The van der Waals surface area contributed by atoms with Crippen molar-refractivity contribution in [3.05, 3.63) is 0 Å². The van der Waals surface area contributed by atoms with Crippen molar-refractivity contribution in [1.29, 1.82) is 0 Å². The van der Waals surface area contributed by atoms with Crippen LogP contribution in [0.5, 0.6) is 0 Å². The van der Waals surface area contributed by atoms with E-state index in [9.17, 15) is 4.20 Å². The Labute approximate surface area is 156 Å². The lowest BCUT2D eigenvalue weighted by molar-refractivity contribution is -0.943. The maximum atomic E-state index is 10.1. The Kier molecular flexibility index (Phi) is 16.8. The average Bonchev–Trinajstić information content (AvgIpc) is 2.50. The van der Waals surface area contributed by atoms with Gasteiger partial charge in [-0.05, 0) is 69.2 Å². The van der Waals surface area contributed by atoms with Crippen LogP contribution in [0.3, 0.4) is 0 Å². The molecule has 0 N–H and O–H groups in total. The first-order chi connectivity index (χ1) is 11.3. The highest BCUT2D eigenvalue weighted by Gasteiger charge is 2.24. The molecule has 156 valence electrons. The fraction of sp³-hybridized carbons (Fsp3) is 1.00. The standard InChI is InChI=1S/2C9H22N.FH2O3P/c2*1-6-10(7-2,8-3)9(4)5;1-5(2,3)4/h2*9H,6-8H2,1-5H3;(H2,2,3,4)/q2*+1;/p-2. The minimum Gasteiger partial charge on any atom is -0.786 e. The summed E-state index contributed by atoms with van der Waals surface area (Å²) >= 11 is 0. The SMILES string of the molecule is CC[N+](CC)(CC)C(C)C.CC[N+](CC)(CC)C(C)C.O=P([O-])([O-])F. The number of quaternary nitrogens is 2. The summed E-state index contributed by atoms with van der Waals surface area (Å²) in [6.45, 7) is 30.6. The Morgan fingerprint density at radius 2 is 0.800 bits per heavy atom. The lowest BCUT2D eigenvalue weighted by atomic mass is 10.2. The maximum absolute atomic E-state index is 10.1. The number of nitrogens with zero attached hydrogens (tertiary/aromatic N) is 2. The number of hydrogen-bond donors (Lipinski definition) is 0. The van der Waals surface area contributed by atoms with Crippen molar-refractivity contribution in [3.63, 3.8) is 0 Å². The smallest absolute Gasteiger partial charge is 0.110 e. The van der Waals surface area contributed by atoms with Crippen molar-refractivity contribution in [2.45, 2.75) is 81.3 Å². The number of hydrogen-bond acceptors (Lipinski definition) is 3. The molecule has 0 heterocycles. The summed E-state index contributed by atoms with van der Waals surface area (Å²) in [5, 5.41) is 0. The van der Waals surface area contributed by atoms with Gasteiger partial charge in [-0.1, -0.05) is 0 Å². The Morgan fingerprint density at radius 3 is 0.800 bits per heavy atom. The first-order valence-electron chi connectivity index (χ1n) is 9.68. The van der Waals surface area contributed by atoms with E-state index in [0.29, 0.717) is 0 Å². The van der Waals surface area contributed by atoms with Crippen LogP contribution >= 0.6 is 7.91 Å². The molecule has 0 spiro atoms. The molecule has 0 aliphatic carbocycles. The molecular weight excluding hydrogens is 342 g/mol. The van der Waals surface area contributed by atoms with Crippen LogP contribution in [0, 0.1) is 0 Å². The van der Waals surface area contributed by atoms with Crippen LogP contribution < -0.4 is 9.79 Å². The second-order valence-corrected chi connectivity index (χ2v) is 7.81. The quantitative estimate of drug-likeness (QED) is 0.475. The predicted molar refractivity (Wildman–Crippen MR) is 103 cm³/mol. The van der Waals surface area contributed by atoms with Crippen molar-refractivity contribution < 1.29 is 27.5 Å². The highest BCUT2D eigenvalue weighted by atomic mass is 31.2. The molecule has 0 fully saturated rings. The van der Waals surface area contributed by atoms with Crippen molar-refractivity contribution >= 4 is 7.91 Å². The van der Waals surface area contributed by atoms with E-state index in [1.165, 1.54) is 48.2 Å². The molecule has 7 heteroatoms. The van der Waals surface area contributed by atoms with Crippen molar-refractivity contribution in [3.8, 4) is 0 Å². The van der Waals surface area contributed by atoms with Crippen molar-refractivity contribution in [2.75, 3.05) is 39.3 Å². The topological polar surface area (TPSA) is 63.2 Å². The second-order valence-electron chi connectivity index (χ2n) is 6.95. The van der Waals surface area contributed by atoms with Gasteiger partial charge in [0.1, 0.15) is 7.91 Å². The maximum Gasteiger partial charge on any atom is 0.110 e. The summed E-state index contributed by atoms with van der Waals surface area (Å²) in [7, 11) is -5.64. The first-order valence-corrected chi connectivity index (χ1v) is 11.1. The molecule has 0 radical (unpaired) electrons. The van der Waals surface area contributed by atoms with E-state index < -0.39 is 7.91 Å². The Morgan fingerprint density at radius 1 is 0.680 bits per heavy atom. The third kappa shape index (κ3) is 12.9. The van der Waals surface area contributed by atoms with Crippen LogP contribution in [0.15, 0.2) is 0 Å². The molecular formula is C18H44FN2O3P. The summed E-state index contributed by atoms with van der Waals surface area (Å²) in [5.41, 5.74) is 0. The third-order valence-corrected chi connectivity index (χ3v) is 5.97. The number of halogens is 1. The van der Waals surface area contributed by atoms with Gasteiger partial charge in [0.2, 0.25) is 0 Å². The Bertz CT molecular complexity index is 303. The van der Waals surface area contributed by atoms with Crippen LogP contribution in [0.2, 0.25) is 0 Å². The lowest BCUT2D eigenvalue weighted by Crippen LogP contribution is -2.52. The van der Waals surface area contributed by atoms with Crippen molar-refractivity contribution in [2.24, 2.45) is 0 Å². The Hall–Kier alpha value is -0.0000000000000000555. The van der Waals surface area contributed by atoms with Gasteiger partial charge in [0.05, 0.1) is 51.4 Å². The molecule has 0 unspecified atom stereocenters. The van der Waals surface area contributed by atoms with E-state index in [1.807, 2.05) is 0 Å². The molecule has 0 aromatic carbocycles. The van der Waals surface area contributed by atoms with E-state index in [4.69, 9.17) is 14.4 Å². The normalized spacial score (nSPS) is 12.4.